The Morgan fingerprint density at radius 1 is 1.33 bits per heavy atom. The summed E-state index contributed by atoms with van der Waals surface area (Å²) in [5.74, 6) is -1.41. The van der Waals surface area contributed by atoms with E-state index in [4.69, 9.17) is 0 Å². The summed E-state index contributed by atoms with van der Waals surface area (Å²) in [6.45, 7) is 5.67. The van der Waals surface area contributed by atoms with Crippen LogP contribution in [0.3, 0.4) is 0 Å². The van der Waals surface area contributed by atoms with Gasteiger partial charge in [0.15, 0.2) is 0 Å². The van der Waals surface area contributed by atoms with E-state index in [1.807, 2.05) is 20.8 Å². The molecule has 3 N–H and O–H groups in total. The van der Waals surface area contributed by atoms with Crippen molar-refractivity contribution in [2.75, 3.05) is 13.1 Å². The Balaban J connectivity index is 2.73. The number of carbonyl (C=O) groups excluding carboxylic acids is 2. The highest BCUT2D eigenvalue weighted by atomic mass is 19.4. The molecule has 1 heterocycles. The zero-order chi connectivity index (χ0) is 16.6. The van der Waals surface area contributed by atoms with Crippen LogP contribution in [0.4, 0.5) is 18.0 Å². The van der Waals surface area contributed by atoms with Crippen LogP contribution in [-0.4, -0.2) is 58.4 Å². The van der Waals surface area contributed by atoms with Crippen LogP contribution in [0.15, 0.2) is 0 Å². The molecule has 1 fully saturated rings. The van der Waals surface area contributed by atoms with Gasteiger partial charge in [0.25, 0.3) is 5.91 Å². The van der Waals surface area contributed by atoms with Crippen molar-refractivity contribution in [3.8, 4) is 0 Å². The number of β-amino-alcohol motifs (C(OH)–C–C–N with tert-alkyl or cyclic N) is 1. The Bertz CT molecular complexity index is 434. The molecular weight excluding hydrogens is 291 g/mol. The second-order valence-corrected chi connectivity index (χ2v) is 6.25. The van der Waals surface area contributed by atoms with E-state index in [2.05, 4.69) is 5.32 Å². The summed E-state index contributed by atoms with van der Waals surface area (Å²) >= 11 is 0. The summed E-state index contributed by atoms with van der Waals surface area (Å²) in [4.78, 5) is 23.7. The van der Waals surface area contributed by atoms with Gasteiger partial charge in [-0.05, 0) is 27.7 Å². The molecule has 9 heteroatoms. The molecule has 122 valence electrons. The van der Waals surface area contributed by atoms with Crippen molar-refractivity contribution in [3.05, 3.63) is 0 Å². The molecule has 0 radical (unpaired) electrons. The smallest absolute Gasteiger partial charge is 0.390 e. The number of hydrogen-bond donors (Lipinski definition) is 3. The van der Waals surface area contributed by atoms with Crippen LogP contribution in [-0.2, 0) is 4.79 Å². The first-order valence-corrected chi connectivity index (χ1v) is 6.42. The molecule has 3 amide bonds. The van der Waals surface area contributed by atoms with E-state index in [1.54, 1.807) is 5.32 Å². The van der Waals surface area contributed by atoms with E-state index in [1.165, 1.54) is 0 Å². The van der Waals surface area contributed by atoms with Crippen molar-refractivity contribution in [2.24, 2.45) is 0 Å². The topological polar surface area (TPSA) is 81.7 Å². The van der Waals surface area contributed by atoms with Gasteiger partial charge in [0.05, 0.1) is 12.6 Å². The lowest BCUT2D eigenvalue weighted by Crippen LogP contribution is -2.56. The standard InChI is InChI=1S/C12H20F3N3O3/c1-10(2,3)16-5-7(19)6-18-8(20)11(4,12(13,14)15)17-9(18)21/h7,16,19H,5-6H2,1-4H3,(H,17,21). The van der Waals surface area contributed by atoms with Gasteiger partial charge in [0, 0.05) is 12.1 Å². The normalized spacial score (nSPS) is 25.2. The van der Waals surface area contributed by atoms with E-state index in [0.29, 0.717) is 11.8 Å². The van der Waals surface area contributed by atoms with Crippen LogP contribution < -0.4 is 10.6 Å². The number of rotatable bonds is 4. The molecule has 1 aliphatic heterocycles. The summed E-state index contributed by atoms with van der Waals surface area (Å²) in [6.07, 6.45) is -6.06. The number of halogens is 3. The lowest BCUT2D eigenvalue weighted by Gasteiger charge is -2.26. The van der Waals surface area contributed by atoms with Crippen molar-refractivity contribution in [1.29, 1.82) is 0 Å². The Morgan fingerprint density at radius 3 is 2.24 bits per heavy atom. The fourth-order valence-corrected chi connectivity index (χ4v) is 1.75. The van der Waals surface area contributed by atoms with Crippen LogP contribution in [0.25, 0.3) is 0 Å². The first-order valence-electron chi connectivity index (χ1n) is 6.42. The van der Waals surface area contributed by atoms with E-state index in [0.717, 1.165) is 0 Å². The van der Waals surface area contributed by atoms with Gasteiger partial charge >= 0.3 is 12.2 Å². The average Bonchev–Trinajstić information content (AvgIpc) is 2.50. The van der Waals surface area contributed by atoms with Crippen LogP contribution >= 0.6 is 0 Å². The Labute approximate surface area is 120 Å². The first kappa shape index (κ1) is 17.7. The molecular formula is C12H20F3N3O3. The summed E-state index contributed by atoms with van der Waals surface area (Å²) in [6, 6.07) is -1.16. The molecule has 1 saturated heterocycles. The summed E-state index contributed by atoms with van der Waals surface area (Å²) in [5.41, 5.74) is -3.25. The molecule has 0 aromatic carbocycles. The number of carbonyl (C=O) groups is 2. The highest BCUT2D eigenvalue weighted by molar-refractivity contribution is 6.07. The molecule has 0 bridgehead atoms. The number of nitrogens with one attached hydrogen (secondary N) is 2. The average molecular weight is 311 g/mol. The minimum absolute atomic E-state index is 0.0449. The van der Waals surface area contributed by atoms with Gasteiger partial charge in [0.2, 0.25) is 5.54 Å². The minimum Gasteiger partial charge on any atom is -0.390 e. The van der Waals surface area contributed by atoms with Crippen molar-refractivity contribution >= 4 is 11.9 Å². The van der Waals surface area contributed by atoms with Gasteiger partial charge in [-0.2, -0.15) is 13.2 Å². The van der Waals surface area contributed by atoms with E-state index in [-0.39, 0.29) is 12.1 Å². The molecule has 0 aromatic rings. The predicted octanol–water partition coefficient (Wildman–Crippen LogP) is 0.608. The lowest BCUT2D eigenvalue weighted by molar-refractivity contribution is -0.191. The molecule has 1 rings (SSSR count). The zero-order valence-corrected chi connectivity index (χ0v) is 12.3. The number of alkyl halides is 3. The monoisotopic (exact) mass is 311 g/mol. The van der Waals surface area contributed by atoms with Gasteiger partial charge in [-0.25, -0.2) is 4.79 Å². The Kier molecular flexibility index (Phi) is 4.59. The van der Waals surface area contributed by atoms with Crippen LogP contribution in [0, 0.1) is 0 Å². The molecule has 0 saturated carbocycles. The number of hydrogen-bond acceptors (Lipinski definition) is 4. The summed E-state index contributed by atoms with van der Waals surface area (Å²) in [5, 5.41) is 14.3. The third-order valence-corrected chi connectivity index (χ3v) is 3.10. The predicted molar refractivity (Wildman–Crippen MR) is 68.5 cm³/mol. The molecule has 2 atom stereocenters. The number of urea groups is 1. The van der Waals surface area contributed by atoms with Crippen molar-refractivity contribution in [2.45, 2.75) is 51.1 Å². The van der Waals surface area contributed by atoms with Gasteiger partial charge in [0.1, 0.15) is 0 Å². The van der Waals surface area contributed by atoms with Crippen molar-refractivity contribution in [3.63, 3.8) is 0 Å². The third-order valence-electron chi connectivity index (χ3n) is 3.10. The maximum absolute atomic E-state index is 12.8. The van der Waals surface area contributed by atoms with Gasteiger partial charge in [-0.15, -0.1) is 0 Å². The molecule has 0 aromatic heterocycles. The zero-order valence-electron chi connectivity index (χ0n) is 12.3. The van der Waals surface area contributed by atoms with Crippen molar-refractivity contribution in [1.82, 2.24) is 15.5 Å². The molecule has 0 spiro atoms. The fourth-order valence-electron chi connectivity index (χ4n) is 1.75. The molecule has 6 nitrogen and oxygen atoms in total. The lowest BCUT2D eigenvalue weighted by atomic mass is 10.0. The summed E-state index contributed by atoms with van der Waals surface area (Å²) in [7, 11) is 0. The number of aliphatic hydroxyl groups excluding tert-OH is 1. The maximum Gasteiger partial charge on any atom is 0.420 e. The van der Waals surface area contributed by atoms with E-state index < -0.39 is 36.3 Å². The number of amides is 3. The second kappa shape index (κ2) is 5.45. The highest BCUT2D eigenvalue weighted by Crippen LogP contribution is 2.35. The number of aliphatic hydroxyl groups is 1. The highest BCUT2D eigenvalue weighted by Gasteiger charge is 2.64. The van der Waals surface area contributed by atoms with Crippen molar-refractivity contribution < 1.29 is 27.9 Å². The van der Waals surface area contributed by atoms with Gasteiger partial charge in [-0.3, -0.25) is 9.69 Å². The Morgan fingerprint density at radius 2 is 1.86 bits per heavy atom. The minimum atomic E-state index is -4.90. The largest absolute Gasteiger partial charge is 0.420 e. The van der Waals surface area contributed by atoms with Gasteiger partial charge in [-0.1, -0.05) is 0 Å². The third kappa shape index (κ3) is 3.85. The molecule has 0 aliphatic carbocycles. The molecule has 21 heavy (non-hydrogen) atoms. The number of imide groups is 1. The van der Waals surface area contributed by atoms with E-state index >= 15 is 0 Å². The van der Waals surface area contributed by atoms with E-state index in [9.17, 15) is 27.9 Å². The molecule has 2 unspecified atom stereocenters. The van der Waals surface area contributed by atoms with Gasteiger partial charge < -0.3 is 15.7 Å². The maximum atomic E-state index is 12.8. The first-order chi connectivity index (χ1) is 9.28. The fraction of sp³-hybridized carbons (Fsp3) is 0.833. The van der Waals surface area contributed by atoms with Crippen LogP contribution in [0.1, 0.15) is 27.7 Å². The summed E-state index contributed by atoms with van der Waals surface area (Å²) < 4.78 is 38.5. The molecule has 1 aliphatic rings. The number of nitrogens with zero attached hydrogens (tertiary/aromatic N) is 1. The second-order valence-electron chi connectivity index (χ2n) is 6.25. The Hall–Kier alpha value is -1.35. The quantitative estimate of drug-likeness (QED) is 0.664. The van der Waals surface area contributed by atoms with Crippen LogP contribution in [0.5, 0.6) is 0 Å². The SMILES string of the molecule is CC(C)(C)NCC(O)CN1C(=O)NC(C)(C(F)(F)F)C1=O. The van der Waals surface area contributed by atoms with Crippen LogP contribution in [0.2, 0.25) is 0 Å².